The maximum Gasteiger partial charge on any atom is 0.319 e. The number of hydrogen-bond acceptors (Lipinski definition) is 4. The summed E-state index contributed by atoms with van der Waals surface area (Å²) < 4.78 is 1.04. The molecule has 5 nitrogen and oxygen atoms in total. The first-order valence-electron chi connectivity index (χ1n) is 5.64. The lowest BCUT2D eigenvalue weighted by Gasteiger charge is -2.11. The molecule has 1 aromatic heterocycles. The molecule has 1 aromatic carbocycles. The summed E-state index contributed by atoms with van der Waals surface area (Å²) in [6, 6.07) is 4.99. The van der Waals surface area contributed by atoms with Crippen LogP contribution in [0.25, 0.3) is 10.2 Å². The number of nitrogens with one attached hydrogen (secondary N) is 2. The number of anilines is 1. The lowest BCUT2D eigenvalue weighted by atomic mass is 10.3. The van der Waals surface area contributed by atoms with Gasteiger partial charge in [-0.25, -0.2) is 9.78 Å². The third kappa shape index (κ3) is 2.96. The third-order valence-electron chi connectivity index (χ3n) is 2.40. The van der Waals surface area contributed by atoms with E-state index in [1.807, 2.05) is 25.1 Å². The van der Waals surface area contributed by atoms with Gasteiger partial charge < -0.3 is 15.7 Å². The summed E-state index contributed by atoms with van der Waals surface area (Å²) in [6.45, 7) is 3.60. The third-order valence-corrected chi connectivity index (χ3v) is 3.34. The lowest BCUT2D eigenvalue weighted by Crippen LogP contribution is -2.38. The van der Waals surface area contributed by atoms with Crippen molar-refractivity contribution in [2.45, 2.75) is 19.9 Å². The Kier molecular flexibility index (Phi) is 3.78. The number of aromatic nitrogens is 1. The smallest absolute Gasteiger partial charge is 0.319 e. The molecule has 18 heavy (non-hydrogen) atoms. The summed E-state index contributed by atoms with van der Waals surface area (Å²) in [4.78, 5) is 15.9. The van der Waals surface area contributed by atoms with Crippen molar-refractivity contribution in [1.82, 2.24) is 10.3 Å². The molecule has 3 N–H and O–H groups in total. The fourth-order valence-electron chi connectivity index (χ4n) is 1.55. The van der Waals surface area contributed by atoms with E-state index in [0.29, 0.717) is 5.69 Å². The number of aryl methyl sites for hydroxylation is 1. The van der Waals surface area contributed by atoms with Crippen LogP contribution in [-0.2, 0) is 0 Å². The molecule has 0 radical (unpaired) electrons. The highest BCUT2D eigenvalue weighted by molar-refractivity contribution is 7.18. The summed E-state index contributed by atoms with van der Waals surface area (Å²) in [6.07, 6.45) is 0. The number of hydrogen-bond donors (Lipinski definition) is 3. The van der Waals surface area contributed by atoms with Gasteiger partial charge in [0, 0.05) is 5.69 Å². The van der Waals surface area contributed by atoms with Crippen LogP contribution >= 0.6 is 11.3 Å². The van der Waals surface area contributed by atoms with Crippen molar-refractivity contribution >= 4 is 33.3 Å². The van der Waals surface area contributed by atoms with Crippen LogP contribution in [0, 0.1) is 6.92 Å². The Hall–Kier alpha value is -1.66. The Morgan fingerprint density at radius 3 is 3.06 bits per heavy atom. The zero-order valence-electron chi connectivity index (χ0n) is 10.2. The second-order valence-corrected chi connectivity index (χ2v) is 5.33. The number of fused-ring (bicyclic) bond motifs is 1. The number of rotatable bonds is 3. The highest BCUT2D eigenvalue weighted by atomic mass is 32.1. The quantitative estimate of drug-likeness (QED) is 0.795. The average Bonchev–Trinajstić information content (AvgIpc) is 2.68. The normalized spacial score (nSPS) is 12.4. The SMILES string of the molecule is Cc1nc2ccc(NC(=O)NC(C)CO)cc2s1. The highest BCUT2D eigenvalue weighted by Crippen LogP contribution is 2.24. The van der Waals surface area contributed by atoms with Gasteiger partial charge in [-0.1, -0.05) is 0 Å². The van der Waals surface area contributed by atoms with Crippen molar-refractivity contribution in [3.05, 3.63) is 23.2 Å². The molecule has 0 fully saturated rings. The minimum Gasteiger partial charge on any atom is -0.394 e. The van der Waals surface area contributed by atoms with E-state index in [2.05, 4.69) is 15.6 Å². The van der Waals surface area contributed by atoms with Crippen LogP contribution in [0.3, 0.4) is 0 Å². The molecule has 0 aliphatic carbocycles. The Balaban J connectivity index is 2.09. The lowest BCUT2D eigenvalue weighted by molar-refractivity contribution is 0.229. The maximum absolute atomic E-state index is 11.6. The van der Waals surface area contributed by atoms with Gasteiger partial charge in [0.1, 0.15) is 0 Å². The summed E-state index contributed by atoms with van der Waals surface area (Å²) >= 11 is 1.59. The molecule has 0 bridgehead atoms. The number of carbonyl (C=O) groups is 1. The number of urea groups is 1. The monoisotopic (exact) mass is 265 g/mol. The van der Waals surface area contributed by atoms with Crippen LogP contribution in [0.4, 0.5) is 10.5 Å². The van der Waals surface area contributed by atoms with Crippen molar-refractivity contribution < 1.29 is 9.90 Å². The number of benzene rings is 1. The molecule has 0 spiro atoms. The molecule has 2 amide bonds. The van der Waals surface area contributed by atoms with Crippen LogP contribution in [0.2, 0.25) is 0 Å². The van der Waals surface area contributed by atoms with Gasteiger partial charge in [0.05, 0.1) is 27.9 Å². The van der Waals surface area contributed by atoms with Gasteiger partial charge in [0.15, 0.2) is 0 Å². The Morgan fingerprint density at radius 2 is 2.33 bits per heavy atom. The summed E-state index contributed by atoms with van der Waals surface area (Å²) in [5.41, 5.74) is 1.65. The zero-order valence-corrected chi connectivity index (χ0v) is 11.0. The molecule has 6 heteroatoms. The van der Waals surface area contributed by atoms with Gasteiger partial charge in [-0.3, -0.25) is 0 Å². The summed E-state index contributed by atoms with van der Waals surface area (Å²) in [5, 5.41) is 15.2. The second-order valence-electron chi connectivity index (χ2n) is 4.10. The predicted molar refractivity (Wildman–Crippen MR) is 73.1 cm³/mol. The average molecular weight is 265 g/mol. The fourth-order valence-corrected chi connectivity index (χ4v) is 2.42. The van der Waals surface area contributed by atoms with E-state index in [4.69, 9.17) is 5.11 Å². The molecule has 0 aliphatic rings. The Bertz CT molecular complexity index is 567. The van der Waals surface area contributed by atoms with E-state index in [1.54, 1.807) is 18.3 Å². The van der Waals surface area contributed by atoms with Crippen molar-refractivity contribution in [3.63, 3.8) is 0 Å². The van der Waals surface area contributed by atoms with E-state index in [0.717, 1.165) is 15.2 Å². The van der Waals surface area contributed by atoms with Crippen molar-refractivity contribution in [2.75, 3.05) is 11.9 Å². The van der Waals surface area contributed by atoms with E-state index in [9.17, 15) is 4.79 Å². The maximum atomic E-state index is 11.6. The van der Waals surface area contributed by atoms with Crippen LogP contribution in [0.5, 0.6) is 0 Å². The molecule has 2 rings (SSSR count). The number of thiazole rings is 1. The largest absolute Gasteiger partial charge is 0.394 e. The minimum atomic E-state index is -0.322. The molecule has 2 aromatic rings. The van der Waals surface area contributed by atoms with Crippen LogP contribution < -0.4 is 10.6 Å². The topological polar surface area (TPSA) is 74.2 Å². The number of nitrogens with zero attached hydrogens (tertiary/aromatic N) is 1. The zero-order chi connectivity index (χ0) is 13.1. The van der Waals surface area contributed by atoms with Gasteiger partial charge in [-0.05, 0) is 32.0 Å². The first-order chi connectivity index (χ1) is 8.58. The summed E-state index contributed by atoms with van der Waals surface area (Å²) in [5.74, 6) is 0. The molecule has 96 valence electrons. The molecule has 0 aliphatic heterocycles. The molecule has 1 heterocycles. The number of carbonyl (C=O) groups excluding carboxylic acids is 1. The van der Waals surface area contributed by atoms with Crippen LogP contribution in [0.15, 0.2) is 18.2 Å². The van der Waals surface area contributed by atoms with Crippen molar-refractivity contribution in [2.24, 2.45) is 0 Å². The van der Waals surface area contributed by atoms with Gasteiger partial charge in [-0.2, -0.15) is 0 Å². The predicted octanol–water partition coefficient (Wildman–Crippen LogP) is 2.11. The standard InChI is InChI=1S/C12H15N3O2S/c1-7(6-16)13-12(17)15-9-3-4-10-11(5-9)18-8(2)14-10/h3-5,7,16H,6H2,1-2H3,(H2,13,15,17). The molecular formula is C12H15N3O2S. The molecule has 0 saturated heterocycles. The van der Waals surface area contributed by atoms with Gasteiger partial charge >= 0.3 is 6.03 Å². The van der Waals surface area contributed by atoms with Crippen molar-refractivity contribution in [1.29, 1.82) is 0 Å². The van der Waals surface area contributed by atoms with Gasteiger partial charge in [0.25, 0.3) is 0 Å². The molecular weight excluding hydrogens is 250 g/mol. The molecule has 0 saturated carbocycles. The van der Waals surface area contributed by atoms with Gasteiger partial charge in [-0.15, -0.1) is 11.3 Å². The van der Waals surface area contributed by atoms with Gasteiger partial charge in [0.2, 0.25) is 0 Å². The number of aliphatic hydroxyl groups excluding tert-OH is 1. The van der Waals surface area contributed by atoms with E-state index in [1.165, 1.54) is 0 Å². The van der Waals surface area contributed by atoms with E-state index in [-0.39, 0.29) is 18.7 Å². The minimum absolute atomic E-state index is 0.0828. The number of amides is 2. The molecule has 1 unspecified atom stereocenters. The van der Waals surface area contributed by atoms with Crippen LogP contribution in [0.1, 0.15) is 11.9 Å². The Labute approximate surface area is 109 Å². The van der Waals surface area contributed by atoms with Crippen LogP contribution in [-0.4, -0.2) is 28.8 Å². The van der Waals surface area contributed by atoms with E-state index >= 15 is 0 Å². The highest BCUT2D eigenvalue weighted by Gasteiger charge is 2.07. The second kappa shape index (κ2) is 5.32. The Morgan fingerprint density at radius 1 is 1.56 bits per heavy atom. The first-order valence-corrected chi connectivity index (χ1v) is 6.45. The first kappa shape index (κ1) is 12.8. The fraction of sp³-hybridized carbons (Fsp3) is 0.333. The van der Waals surface area contributed by atoms with Crippen molar-refractivity contribution in [3.8, 4) is 0 Å². The molecule has 1 atom stereocenters. The number of aliphatic hydroxyl groups is 1. The van der Waals surface area contributed by atoms with E-state index < -0.39 is 0 Å². The summed E-state index contributed by atoms with van der Waals surface area (Å²) in [7, 11) is 0.